The molecule has 0 amide bonds. The fraction of sp³-hybridized carbons (Fsp3) is 0.0833. The summed E-state index contributed by atoms with van der Waals surface area (Å²) in [7, 11) is 0. The zero-order valence-electron chi connectivity index (χ0n) is 8.86. The van der Waals surface area contributed by atoms with Crippen LogP contribution in [0.2, 0.25) is 0 Å². The van der Waals surface area contributed by atoms with Crippen molar-refractivity contribution < 1.29 is 8.78 Å². The van der Waals surface area contributed by atoms with Crippen LogP contribution in [0, 0.1) is 11.6 Å². The third-order valence-electron chi connectivity index (χ3n) is 2.36. The first-order chi connectivity index (χ1) is 8.06. The maximum atomic E-state index is 13.0. The molecule has 1 aromatic heterocycles. The van der Waals surface area contributed by atoms with E-state index in [-0.39, 0.29) is 11.1 Å². The van der Waals surface area contributed by atoms with E-state index in [9.17, 15) is 13.6 Å². The molecule has 2 aromatic rings. The lowest BCUT2D eigenvalue weighted by molar-refractivity contribution is 0.506. The molecule has 0 bridgehead atoms. The Balaban J connectivity index is 2.28. The quantitative estimate of drug-likeness (QED) is 0.863. The molecule has 5 heteroatoms. The fourth-order valence-corrected chi connectivity index (χ4v) is 1.49. The summed E-state index contributed by atoms with van der Waals surface area (Å²) in [6, 6.07) is 4.99. The molecule has 1 heterocycles. The van der Waals surface area contributed by atoms with Crippen molar-refractivity contribution in [3.63, 3.8) is 0 Å². The van der Waals surface area contributed by atoms with Gasteiger partial charge in [0, 0.05) is 25.0 Å². The molecule has 0 unspecified atom stereocenters. The number of nitrogens with zero attached hydrogens (tertiary/aromatic N) is 1. The average molecular weight is 236 g/mol. The number of anilines is 1. The molecule has 3 nitrogen and oxygen atoms in total. The first kappa shape index (κ1) is 11.3. The number of benzene rings is 1. The highest BCUT2D eigenvalue weighted by atomic mass is 19.2. The second-order valence-corrected chi connectivity index (χ2v) is 3.69. The topological polar surface area (TPSA) is 48.0 Å². The molecular weight excluding hydrogens is 226 g/mol. The van der Waals surface area contributed by atoms with Crippen LogP contribution in [0.25, 0.3) is 0 Å². The summed E-state index contributed by atoms with van der Waals surface area (Å²) >= 11 is 0. The van der Waals surface area contributed by atoms with Gasteiger partial charge in [0.1, 0.15) is 0 Å². The summed E-state index contributed by atoms with van der Waals surface area (Å²) in [6.45, 7) is 0.321. The SMILES string of the molecule is Nc1cn(Cc2ccc(F)c(F)c2)ccc1=O. The van der Waals surface area contributed by atoms with Crippen LogP contribution in [-0.4, -0.2) is 4.57 Å². The maximum absolute atomic E-state index is 13.0. The number of halogens is 2. The molecule has 0 saturated heterocycles. The lowest BCUT2D eigenvalue weighted by Gasteiger charge is -2.07. The molecule has 0 aliphatic rings. The van der Waals surface area contributed by atoms with Gasteiger partial charge in [0.2, 0.25) is 5.43 Å². The summed E-state index contributed by atoms with van der Waals surface area (Å²) in [5, 5.41) is 0. The number of hydrogen-bond acceptors (Lipinski definition) is 2. The first-order valence-corrected chi connectivity index (χ1v) is 4.96. The molecule has 17 heavy (non-hydrogen) atoms. The third-order valence-corrected chi connectivity index (χ3v) is 2.36. The van der Waals surface area contributed by atoms with Crippen molar-refractivity contribution >= 4 is 5.69 Å². The van der Waals surface area contributed by atoms with Gasteiger partial charge >= 0.3 is 0 Å². The minimum atomic E-state index is -0.892. The zero-order valence-corrected chi connectivity index (χ0v) is 8.86. The molecule has 0 saturated carbocycles. The Bertz CT molecular complexity index is 608. The van der Waals surface area contributed by atoms with Gasteiger partial charge in [-0.1, -0.05) is 6.07 Å². The van der Waals surface area contributed by atoms with Gasteiger partial charge in [0.15, 0.2) is 11.6 Å². The van der Waals surface area contributed by atoms with E-state index in [2.05, 4.69) is 0 Å². The van der Waals surface area contributed by atoms with Crippen molar-refractivity contribution in [1.82, 2.24) is 4.57 Å². The zero-order chi connectivity index (χ0) is 12.4. The van der Waals surface area contributed by atoms with Gasteiger partial charge in [-0.25, -0.2) is 8.78 Å². The third kappa shape index (κ3) is 2.50. The van der Waals surface area contributed by atoms with Crippen LogP contribution in [0.5, 0.6) is 0 Å². The first-order valence-electron chi connectivity index (χ1n) is 4.96. The molecule has 1 aromatic carbocycles. The number of hydrogen-bond donors (Lipinski definition) is 1. The van der Waals surface area contributed by atoms with Crippen molar-refractivity contribution in [2.45, 2.75) is 6.54 Å². The smallest absolute Gasteiger partial charge is 0.204 e. The van der Waals surface area contributed by atoms with E-state index in [4.69, 9.17) is 5.73 Å². The van der Waals surface area contributed by atoms with Crippen LogP contribution >= 0.6 is 0 Å². The molecule has 0 atom stereocenters. The average Bonchev–Trinajstić information content (AvgIpc) is 2.29. The van der Waals surface area contributed by atoms with E-state index < -0.39 is 11.6 Å². The molecule has 0 aliphatic carbocycles. The van der Waals surface area contributed by atoms with Gasteiger partial charge < -0.3 is 10.3 Å². The van der Waals surface area contributed by atoms with E-state index in [0.29, 0.717) is 12.1 Å². The van der Waals surface area contributed by atoms with Crippen molar-refractivity contribution in [2.75, 3.05) is 5.73 Å². The van der Waals surface area contributed by atoms with Gasteiger partial charge in [0.05, 0.1) is 5.69 Å². The van der Waals surface area contributed by atoms with Crippen LogP contribution in [0.15, 0.2) is 41.5 Å². The highest BCUT2D eigenvalue weighted by Crippen LogP contribution is 2.10. The van der Waals surface area contributed by atoms with Crippen LogP contribution in [-0.2, 0) is 6.54 Å². The Kier molecular flexibility index (Phi) is 2.91. The largest absolute Gasteiger partial charge is 0.394 e. The monoisotopic (exact) mass is 236 g/mol. The van der Waals surface area contributed by atoms with E-state index >= 15 is 0 Å². The van der Waals surface area contributed by atoms with Crippen molar-refractivity contribution in [3.8, 4) is 0 Å². The van der Waals surface area contributed by atoms with E-state index in [1.54, 1.807) is 10.8 Å². The summed E-state index contributed by atoms with van der Waals surface area (Å²) in [4.78, 5) is 11.1. The lowest BCUT2D eigenvalue weighted by Crippen LogP contribution is -2.11. The Morgan fingerprint density at radius 3 is 2.59 bits per heavy atom. The molecule has 0 fully saturated rings. The van der Waals surface area contributed by atoms with Crippen molar-refractivity contribution in [1.29, 1.82) is 0 Å². The summed E-state index contributed by atoms with van der Waals surface area (Å²) in [5.41, 5.74) is 5.91. The molecule has 0 aliphatic heterocycles. The fourth-order valence-electron chi connectivity index (χ4n) is 1.49. The highest BCUT2D eigenvalue weighted by Gasteiger charge is 2.03. The predicted octanol–water partition coefficient (Wildman–Crippen LogP) is 1.76. The second kappa shape index (κ2) is 4.37. The minimum absolute atomic E-state index is 0.120. The number of nitrogen functional groups attached to an aromatic ring is 1. The Morgan fingerprint density at radius 2 is 1.94 bits per heavy atom. The number of pyridine rings is 1. The van der Waals surface area contributed by atoms with E-state index in [1.165, 1.54) is 18.3 Å². The number of nitrogens with two attached hydrogens (primary N) is 1. The van der Waals surface area contributed by atoms with Crippen molar-refractivity contribution in [2.24, 2.45) is 0 Å². The van der Waals surface area contributed by atoms with Gasteiger partial charge in [0.25, 0.3) is 0 Å². The van der Waals surface area contributed by atoms with Crippen molar-refractivity contribution in [3.05, 3.63) is 64.1 Å². The van der Waals surface area contributed by atoms with Gasteiger partial charge in [-0.2, -0.15) is 0 Å². The molecule has 0 spiro atoms. The Morgan fingerprint density at radius 1 is 1.18 bits per heavy atom. The van der Waals surface area contributed by atoms with Gasteiger partial charge in [-0.15, -0.1) is 0 Å². The molecule has 88 valence electrons. The van der Waals surface area contributed by atoms with Crippen LogP contribution in [0.4, 0.5) is 14.5 Å². The summed E-state index contributed by atoms with van der Waals surface area (Å²) < 4.78 is 27.3. The number of rotatable bonds is 2. The molecule has 2 rings (SSSR count). The summed E-state index contributed by atoms with van der Waals surface area (Å²) in [6.07, 6.45) is 3.00. The van der Waals surface area contributed by atoms with Crippen LogP contribution in [0.3, 0.4) is 0 Å². The molecule has 2 N–H and O–H groups in total. The molecule has 0 radical (unpaired) electrons. The minimum Gasteiger partial charge on any atom is -0.394 e. The van der Waals surface area contributed by atoms with E-state index in [0.717, 1.165) is 12.1 Å². The second-order valence-electron chi connectivity index (χ2n) is 3.69. The summed E-state index contributed by atoms with van der Waals surface area (Å²) in [5.74, 6) is -1.77. The normalized spacial score (nSPS) is 10.5. The highest BCUT2D eigenvalue weighted by molar-refractivity contribution is 5.34. The lowest BCUT2D eigenvalue weighted by atomic mass is 10.2. The maximum Gasteiger partial charge on any atom is 0.204 e. The number of aromatic nitrogens is 1. The predicted molar refractivity (Wildman–Crippen MR) is 60.6 cm³/mol. The standard InChI is InChI=1S/C12H10F2N2O/c13-9-2-1-8(5-10(9)14)6-16-4-3-12(17)11(15)7-16/h1-5,7H,6,15H2. The van der Waals surface area contributed by atoms with Gasteiger partial charge in [-0.3, -0.25) is 4.79 Å². The van der Waals surface area contributed by atoms with E-state index in [1.807, 2.05) is 0 Å². The Labute approximate surface area is 96.1 Å². The Hall–Kier alpha value is -2.17. The van der Waals surface area contributed by atoms with Gasteiger partial charge in [-0.05, 0) is 17.7 Å². The van der Waals surface area contributed by atoms with Crippen LogP contribution in [0.1, 0.15) is 5.56 Å². The molecular formula is C12H10F2N2O. The van der Waals surface area contributed by atoms with Crippen LogP contribution < -0.4 is 11.2 Å².